The summed E-state index contributed by atoms with van der Waals surface area (Å²) in [7, 11) is 1.16. The lowest BCUT2D eigenvalue weighted by Gasteiger charge is -2.55. The van der Waals surface area contributed by atoms with E-state index < -0.39 is 90.0 Å². The first kappa shape index (κ1) is 30.3. The van der Waals surface area contributed by atoms with E-state index in [1.54, 1.807) is 41.5 Å². The van der Waals surface area contributed by atoms with Gasteiger partial charge in [-0.25, -0.2) is 4.79 Å². The van der Waals surface area contributed by atoms with Crippen LogP contribution in [0.25, 0.3) is 0 Å². The van der Waals surface area contributed by atoms with Crippen LogP contribution in [-0.2, 0) is 42.8 Å². The molecule has 2 saturated heterocycles. The van der Waals surface area contributed by atoms with Crippen LogP contribution in [0.1, 0.15) is 48.0 Å². The third kappa shape index (κ3) is 4.80. The molecule has 0 amide bonds. The minimum absolute atomic E-state index is 0.0523. The standard InChI is InChI=1S/C25H38O13/c1-11-23(3,4)21(32)36-12(2)25(6)22(38-20-18(30)17(29)16(28)14(9-26)37-20)34-10-13(19(31)33-7)24(25,5)8-15(27)35-11/h10-12,14,16-18,20,22,26,28-30H,8-9H2,1-7H3/t11-,12-,14-,16-,17+,18-,20+,22-,24+,25-/m1/s1. The molecule has 0 radical (unpaired) electrons. The van der Waals surface area contributed by atoms with Crippen LogP contribution in [0.2, 0.25) is 0 Å². The number of carbonyl (C=O) groups is 3. The van der Waals surface area contributed by atoms with Crippen molar-refractivity contribution in [2.45, 2.75) is 97.2 Å². The number of rotatable bonds is 4. The van der Waals surface area contributed by atoms with Crippen molar-refractivity contribution in [1.82, 2.24) is 0 Å². The second kappa shape index (κ2) is 10.7. The zero-order valence-electron chi connectivity index (χ0n) is 22.6. The summed E-state index contributed by atoms with van der Waals surface area (Å²) >= 11 is 0. The van der Waals surface area contributed by atoms with Gasteiger partial charge in [0, 0.05) is 5.41 Å². The Balaban J connectivity index is 2.13. The van der Waals surface area contributed by atoms with E-state index in [1.807, 2.05) is 0 Å². The summed E-state index contributed by atoms with van der Waals surface area (Å²) in [6.07, 6.45) is -10.7. The molecule has 0 spiro atoms. The van der Waals surface area contributed by atoms with E-state index in [2.05, 4.69) is 0 Å². The predicted molar refractivity (Wildman–Crippen MR) is 126 cm³/mol. The molecule has 10 atom stereocenters. The molecule has 0 aromatic heterocycles. The third-order valence-electron chi connectivity index (χ3n) is 8.57. The fourth-order valence-corrected chi connectivity index (χ4v) is 5.01. The third-order valence-corrected chi connectivity index (χ3v) is 8.57. The van der Waals surface area contributed by atoms with Gasteiger partial charge in [-0.1, -0.05) is 6.92 Å². The first-order valence-electron chi connectivity index (χ1n) is 12.4. The SMILES string of the molecule is COC(=O)C1=CO[C@H](O[C@@H]2O[C@H](CO)[C@@H](O)[C@H](O)[C@H]2O)[C@@]2(C)[C@@H](C)OC(=O)C(C)(C)[C@@H](C)OC(=O)C[C@@]12C. The quantitative estimate of drug-likeness (QED) is 0.262. The molecule has 0 saturated carbocycles. The summed E-state index contributed by atoms with van der Waals surface area (Å²) in [5.74, 6) is -2.19. The highest BCUT2D eigenvalue weighted by molar-refractivity contribution is 5.91. The number of methoxy groups -OCH3 is 1. The van der Waals surface area contributed by atoms with E-state index in [1.165, 1.54) is 0 Å². The van der Waals surface area contributed by atoms with Crippen molar-refractivity contribution in [2.75, 3.05) is 13.7 Å². The topological polar surface area (TPSA) is 188 Å². The average molecular weight is 547 g/mol. The smallest absolute Gasteiger partial charge is 0.337 e. The van der Waals surface area contributed by atoms with Gasteiger partial charge in [0.1, 0.15) is 36.6 Å². The summed E-state index contributed by atoms with van der Waals surface area (Å²) in [5.41, 5.74) is -4.29. The van der Waals surface area contributed by atoms with Gasteiger partial charge >= 0.3 is 17.9 Å². The molecular weight excluding hydrogens is 508 g/mol. The number of fused-ring (bicyclic) bond motifs is 1. The average Bonchev–Trinajstić information content (AvgIpc) is 2.85. The largest absolute Gasteiger partial charge is 0.471 e. The fourth-order valence-electron chi connectivity index (χ4n) is 5.01. The molecule has 0 bridgehead atoms. The molecule has 3 aliphatic heterocycles. The number of aliphatic hydroxyl groups is 4. The van der Waals surface area contributed by atoms with Gasteiger partial charge in [-0.2, -0.15) is 0 Å². The van der Waals surface area contributed by atoms with Gasteiger partial charge in [0.05, 0.1) is 42.8 Å². The van der Waals surface area contributed by atoms with Crippen molar-refractivity contribution in [3.63, 3.8) is 0 Å². The summed E-state index contributed by atoms with van der Waals surface area (Å²) in [4.78, 5) is 39.3. The zero-order valence-corrected chi connectivity index (χ0v) is 22.6. The molecule has 13 nitrogen and oxygen atoms in total. The Morgan fingerprint density at radius 3 is 2.24 bits per heavy atom. The Morgan fingerprint density at radius 1 is 1.03 bits per heavy atom. The summed E-state index contributed by atoms with van der Waals surface area (Å²) in [6, 6.07) is 0. The van der Waals surface area contributed by atoms with Crippen molar-refractivity contribution in [2.24, 2.45) is 16.2 Å². The van der Waals surface area contributed by atoms with Crippen molar-refractivity contribution in [1.29, 1.82) is 0 Å². The Hall–Kier alpha value is -2.29. The van der Waals surface area contributed by atoms with E-state index in [-0.39, 0.29) is 12.0 Å². The molecule has 13 heteroatoms. The molecule has 2 fully saturated rings. The summed E-state index contributed by atoms with van der Waals surface area (Å²) < 4.78 is 33.6. The highest BCUT2D eigenvalue weighted by Crippen LogP contribution is 2.57. The van der Waals surface area contributed by atoms with Crippen molar-refractivity contribution in [3.8, 4) is 0 Å². The van der Waals surface area contributed by atoms with Crippen molar-refractivity contribution >= 4 is 17.9 Å². The highest BCUT2D eigenvalue weighted by atomic mass is 16.8. The predicted octanol–water partition coefficient (Wildman–Crippen LogP) is -0.478. The van der Waals surface area contributed by atoms with Crippen LogP contribution in [-0.4, -0.2) is 101 Å². The van der Waals surface area contributed by atoms with Gasteiger partial charge in [0.15, 0.2) is 6.29 Å². The van der Waals surface area contributed by atoms with E-state index in [4.69, 9.17) is 28.4 Å². The normalized spacial score (nSPS) is 43.5. The molecule has 38 heavy (non-hydrogen) atoms. The lowest BCUT2D eigenvalue weighted by molar-refractivity contribution is -0.362. The van der Waals surface area contributed by atoms with Gasteiger partial charge in [-0.15, -0.1) is 0 Å². The fraction of sp³-hybridized carbons (Fsp3) is 0.800. The van der Waals surface area contributed by atoms with Gasteiger partial charge < -0.3 is 48.8 Å². The van der Waals surface area contributed by atoms with E-state index in [9.17, 15) is 34.8 Å². The molecule has 0 unspecified atom stereocenters. The number of ether oxygens (including phenoxy) is 6. The van der Waals surface area contributed by atoms with Gasteiger partial charge in [0.2, 0.25) is 6.29 Å². The molecule has 0 aromatic rings. The number of aliphatic hydroxyl groups excluding tert-OH is 4. The van der Waals surface area contributed by atoms with Gasteiger partial charge in [-0.05, 0) is 34.6 Å². The van der Waals surface area contributed by atoms with E-state index >= 15 is 0 Å². The minimum Gasteiger partial charge on any atom is -0.471 e. The second-order valence-electron chi connectivity index (χ2n) is 11.0. The van der Waals surface area contributed by atoms with Crippen LogP contribution < -0.4 is 0 Å². The van der Waals surface area contributed by atoms with Crippen LogP contribution >= 0.6 is 0 Å². The second-order valence-corrected chi connectivity index (χ2v) is 11.0. The van der Waals surface area contributed by atoms with Crippen LogP contribution in [0.5, 0.6) is 0 Å². The maximum atomic E-state index is 13.2. The first-order chi connectivity index (χ1) is 17.6. The van der Waals surface area contributed by atoms with Crippen LogP contribution in [0.15, 0.2) is 11.8 Å². The number of esters is 3. The van der Waals surface area contributed by atoms with Gasteiger partial charge in [0.25, 0.3) is 0 Å². The molecule has 216 valence electrons. The molecule has 0 aromatic carbocycles. The summed E-state index contributed by atoms with van der Waals surface area (Å²) in [6.45, 7) is 8.72. The Morgan fingerprint density at radius 2 is 1.66 bits per heavy atom. The minimum atomic E-state index is -1.76. The highest BCUT2D eigenvalue weighted by Gasteiger charge is 2.64. The number of hydrogen-bond donors (Lipinski definition) is 4. The maximum absolute atomic E-state index is 13.2. The molecule has 0 aliphatic carbocycles. The monoisotopic (exact) mass is 546 g/mol. The summed E-state index contributed by atoms with van der Waals surface area (Å²) in [5, 5.41) is 40.5. The molecular formula is C25H38O13. The van der Waals surface area contributed by atoms with Crippen molar-refractivity contribution in [3.05, 3.63) is 11.8 Å². The maximum Gasteiger partial charge on any atom is 0.337 e. The van der Waals surface area contributed by atoms with Crippen LogP contribution in [0, 0.1) is 16.2 Å². The van der Waals surface area contributed by atoms with E-state index in [0.717, 1.165) is 13.4 Å². The van der Waals surface area contributed by atoms with Crippen LogP contribution in [0.4, 0.5) is 0 Å². The molecule has 3 aliphatic rings. The lowest BCUT2D eigenvalue weighted by Crippen LogP contribution is -2.64. The first-order valence-corrected chi connectivity index (χ1v) is 12.4. The van der Waals surface area contributed by atoms with Crippen LogP contribution in [0.3, 0.4) is 0 Å². The lowest BCUT2D eigenvalue weighted by atomic mass is 9.56. The number of cyclic esters (lactones) is 2. The molecule has 3 rings (SSSR count). The molecule has 3 heterocycles. The van der Waals surface area contributed by atoms with Crippen molar-refractivity contribution < 1.29 is 63.2 Å². The molecule has 4 N–H and O–H groups in total. The zero-order chi connectivity index (χ0) is 28.8. The number of hydrogen-bond acceptors (Lipinski definition) is 13. The Kier molecular flexibility index (Phi) is 8.52. The van der Waals surface area contributed by atoms with Gasteiger partial charge in [-0.3, -0.25) is 9.59 Å². The Labute approximate surface area is 220 Å². The van der Waals surface area contributed by atoms with E-state index in [0.29, 0.717) is 0 Å². The number of carbonyl (C=O) groups excluding carboxylic acids is 3. The Bertz CT molecular complexity index is 961.